The number of piperidine rings is 1. The molecule has 2 nitrogen and oxygen atoms in total. The SMILES string of the molecule is C=CCN1CC(C)CC2c3cccc(OC)c3CCC21. The quantitative estimate of drug-likeness (QED) is 0.779. The first kappa shape index (κ1) is 13.7. The summed E-state index contributed by atoms with van der Waals surface area (Å²) in [7, 11) is 1.79. The van der Waals surface area contributed by atoms with Gasteiger partial charge in [0, 0.05) is 25.0 Å². The molecule has 108 valence electrons. The van der Waals surface area contributed by atoms with E-state index in [1.54, 1.807) is 7.11 Å². The molecule has 1 aliphatic heterocycles. The molecule has 0 radical (unpaired) electrons. The van der Waals surface area contributed by atoms with Crippen LogP contribution >= 0.6 is 0 Å². The van der Waals surface area contributed by atoms with Crippen LogP contribution in [0.5, 0.6) is 5.75 Å². The van der Waals surface area contributed by atoms with Crippen LogP contribution in [0.25, 0.3) is 0 Å². The van der Waals surface area contributed by atoms with Crippen molar-refractivity contribution in [1.29, 1.82) is 0 Å². The lowest BCUT2D eigenvalue weighted by Gasteiger charge is -2.47. The van der Waals surface area contributed by atoms with Gasteiger partial charge in [-0.3, -0.25) is 4.90 Å². The molecule has 3 unspecified atom stereocenters. The summed E-state index contributed by atoms with van der Waals surface area (Å²) in [5, 5.41) is 0. The first-order valence-corrected chi connectivity index (χ1v) is 7.75. The second-order valence-electron chi connectivity index (χ2n) is 6.32. The molecule has 0 saturated carbocycles. The van der Waals surface area contributed by atoms with E-state index in [2.05, 4.69) is 42.7 Å². The monoisotopic (exact) mass is 271 g/mol. The first-order valence-electron chi connectivity index (χ1n) is 7.75. The fourth-order valence-electron chi connectivity index (χ4n) is 4.23. The Morgan fingerprint density at radius 3 is 3.05 bits per heavy atom. The topological polar surface area (TPSA) is 12.5 Å². The highest BCUT2D eigenvalue weighted by Gasteiger charge is 2.38. The largest absolute Gasteiger partial charge is 0.496 e. The highest BCUT2D eigenvalue weighted by Crippen LogP contribution is 2.44. The Labute approximate surface area is 122 Å². The molecule has 3 atom stereocenters. The van der Waals surface area contributed by atoms with Crippen LogP contribution in [0.15, 0.2) is 30.9 Å². The zero-order valence-electron chi connectivity index (χ0n) is 12.6. The van der Waals surface area contributed by atoms with Gasteiger partial charge in [-0.25, -0.2) is 0 Å². The molecule has 1 aliphatic carbocycles. The lowest BCUT2D eigenvalue weighted by molar-refractivity contribution is 0.0927. The normalized spacial score (nSPS) is 29.4. The first-order chi connectivity index (χ1) is 9.74. The number of hydrogen-bond acceptors (Lipinski definition) is 2. The molecule has 0 bridgehead atoms. The molecule has 3 rings (SSSR count). The predicted molar refractivity (Wildman–Crippen MR) is 83.4 cm³/mol. The Balaban J connectivity index is 1.96. The predicted octanol–water partition coefficient (Wildman–Crippen LogP) is 3.62. The summed E-state index contributed by atoms with van der Waals surface area (Å²) in [5.41, 5.74) is 2.98. The van der Waals surface area contributed by atoms with Crippen LogP contribution < -0.4 is 4.74 Å². The fourth-order valence-corrected chi connectivity index (χ4v) is 4.23. The molecule has 1 fully saturated rings. The van der Waals surface area contributed by atoms with Crippen molar-refractivity contribution < 1.29 is 4.74 Å². The van der Waals surface area contributed by atoms with Gasteiger partial charge in [0.05, 0.1) is 7.11 Å². The number of likely N-dealkylation sites (tertiary alicyclic amines) is 1. The van der Waals surface area contributed by atoms with Crippen molar-refractivity contribution in [2.45, 2.75) is 38.1 Å². The molecule has 2 heteroatoms. The molecule has 1 aromatic rings. The van der Waals surface area contributed by atoms with Gasteiger partial charge in [0.2, 0.25) is 0 Å². The zero-order chi connectivity index (χ0) is 14.1. The molecule has 0 aromatic heterocycles. The average Bonchev–Trinajstić information content (AvgIpc) is 2.46. The molecule has 1 saturated heterocycles. The Morgan fingerprint density at radius 1 is 1.45 bits per heavy atom. The van der Waals surface area contributed by atoms with E-state index >= 15 is 0 Å². The van der Waals surface area contributed by atoms with Gasteiger partial charge < -0.3 is 4.74 Å². The second kappa shape index (κ2) is 5.61. The summed E-state index contributed by atoms with van der Waals surface area (Å²) in [5.74, 6) is 2.50. The highest BCUT2D eigenvalue weighted by atomic mass is 16.5. The zero-order valence-corrected chi connectivity index (χ0v) is 12.6. The van der Waals surface area contributed by atoms with E-state index < -0.39 is 0 Å². The smallest absolute Gasteiger partial charge is 0.122 e. The summed E-state index contributed by atoms with van der Waals surface area (Å²) < 4.78 is 5.56. The Morgan fingerprint density at radius 2 is 2.30 bits per heavy atom. The van der Waals surface area contributed by atoms with Crippen LogP contribution in [0, 0.1) is 5.92 Å². The van der Waals surface area contributed by atoms with Gasteiger partial charge >= 0.3 is 0 Å². The molecule has 1 aromatic carbocycles. The number of nitrogens with zero attached hydrogens (tertiary/aromatic N) is 1. The van der Waals surface area contributed by atoms with Gasteiger partial charge in [-0.2, -0.15) is 0 Å². The third-order valence-electron chi connectivity index (χ3n) is 4.98. The lowest BCUT2D eigenvalue weighted by Crippen LogP contribution is -2.49. The van der Waals surface area contributed by atoms with E-state index in [9.17, 15) is 0 Å². The third kappa shape index (κ3) is 2.26. The van der Waals surface area contributed by atoms with E-state index in [1.807, 2.05) is 0 Å². The van der Waals surface area contributed by atoms with Gasteiger partial charge in [-0.1, -0.05) is 25.1 Å². The van der Waals surface area contributed by atoms with Gasteiger partial charge in [-0.05, 0) is 42.4 Å². The Kier molecular flexibility index (Phi) is 3.84. The maximum absolute atomic E-state index is 5.56. The van der Waals surface area contributed by atoms with Gasteiger partial charge in [0.15, 0.2) is 0 Å². The van der Waals surface area contributed by atoms with Crippen LogP contribution in [0.1, 0.15) is 36.8 Å². The summed E-state index contributed by atoms with van der Waals surface area (Å²) in [6.07, 6.45) is 5.75. The van der Waals surface area contributed by atoms with Crippen molar-refractivity contribution in [2.75, 3.05) is 20.2 Å². The van der Waals surface area contributed by atoms with Crippen molar-refractivity contribution in [3.05, 3.63) is 42.0 Å². The number of hydrogen-bond donors (Lipinski definition) is 0. The molecule has 2 aliphatic rings. The minimum absolute atomic E-state index is 0.664. The molecule has 0 amide bonds. The number of benzene rings is 1. The lowest BCUT2D eigenvalue weighted by atomic mass is 9.72. The summed E-state index contributed by atoms with van der Waals surface area (Å²) in [6, 6.07) is 7.26. The fraction of sp³-hybridized carbons (Fsp3) is 0.556. The second-order valence-corrected chi connectivity index (χ2v) is 6.32. The standard InChI is InChI=1S/C18H25NO/c1-4-10-19-12-13(2)11-16-14-6-5-7-18(20-3)15(14)8-9-17(16)19/h4-7,13,16-17H,1,8-12H2,2-3H3. The number of fused-ring (bicyclic) bond motifs is 3. The third-order valence-corrected chi connectivity index (χ3v) is 4.98. The number of ether oxygens (including phenoxy) is 1. The maximum atomic E-state index is 5.56. The molecule has 1 heterocycles. The minimum atomic E-state index is 0.664. The molecular formula is C18H25NO. The van der Waals surface area contributed by atoms with Crippen LogP contribution in [0.2, 0.25) is 0 Å². The maximum Gasteiger partial charge on any atom is 0.122 e. The van der Waals surface area contributed by atoms with Gasteiger partial charge in [-0.15, -0.1) is 6.58 Å². The average molecular weight is 271 g/mol. The van der Waals surface area contributed by atoms with E-state index in [4.69, 9.17) is 4.74 Å². The summed E-state index contributed by atoms with van der Waals surface area (Å²) >= 11 is 0. The van der Waals surface area contributed by atoms with Crippen LogP contribution in [0.3, 0.4) is 0 Å². The van der Waals surface area contributed by atoms with Crippen molar-refractivity contribution >= 4 is 0 Å². The van der Waals surface area contributed by atoms with E-state index in [0.717, 1.165) is 24.6 Å². The van der Waals surface area contributed by atoms with Crippen molar-refractivity contribution in [3.8, 4) is 5.75 Å². The molecule has 0 N–H and O–H groups in total. The summed E-state index contributed by atoms with van der Waals surface area (Å²) in [6.45, 7) is 8.54. The highest BCUT2D eigenvalue weighted by molar-refractivity contribution is 5.45. The van der Waals surface area contributed by atoms with Gasteiger partial charge in [0.1, 0.15) is 5.75 Å². The number of methoxy groups -OCH3 is 1. The van der Waals surface area contributed by atoms with Crippen LogP contribution in [-0.4, -0.2) is 31.1 Å². The van der Waals surface area contributed by atoms with E-state index in [-0.39, 0.29) is 0 Å². The summed E-state index contributed by atoms with van der Waals surface area (Å²) in [4.78, 5) is 2.63. The van der Waals surface area contributed by atoms with Crippen molar-refractivity contribution in [3.63, 3.8) is 0 Å². The van der Waals surface area contributed by atoms with Crippen molar-refractivity contribution in [2.24, 2.45) is 5.92 Å². The van der Waals surface area contributed by atoms with E-state index in [1.165, 1.54) is 30.5 Å². The molecule has 20 heavy (non-hydrogen) atoms. The molecular weight excluding hydrogens is 246 g/mol. The van der Waals surface area contributed by atoms with Crippen molar-refractivity contribution in [1.82, 2.24) is 4.90 Å². The van der Waals surface area contributed by atoms with Crippen LogP contribution in [0.4, 0.5) is 0 Å². The van der Waals surface area contributed by atoms with Crippen LogP contribution in [-0.2, 0) is 6.42 Å². The van der Waals surface area contributed by atoms with E-state index in [0.29, 0.717) is 12.0 Å². The minimum Gasteiger partial charge on any atom is -0.496 e. The van der Waals surface area contributed by atoms with Gasteiger partial charge in [0.25, 0.3) is 0 Å². The number of rotatable bonds is 3. The Bertz CT molecular complexity index is 496. The molecule has 0 spiro atoms. The Hall–Kier alpha value is -1.28.